The number of ether oxygens (including phenoxy) is 1. The molecule has 3 N–H and O–H groups in total. The highest BCUT2D eigenvalue weighted by molar-refractivity contribution is 6.08. The van der Waals surface area contributed by atoms with Gasteiger partial charge in [0.25, 0.3) is 0 Å². The third kappa shape index (κ3) is 5.14. The van der Waals surface area contributed by atoms with Crippen LogP contribution in [0.1, 0.15) is 37.8 Å². The van der Waals surface area contributed by atoms with Crippen molar-refractivity contribution in [2.75, 3.05) is 18.4 Å². The second-order valence-corrected chi connectivity index (χ2v) is 10.3. The Balaban J connectivity index is 1.64. The average Bonchev–Trinajstić information content (AvgIpc) is 3.44. The summed E-state index contributed by atoms with van der Waals surface area (Å²) in [5.41, 5.74) is 6.88. The van der Waals surface area contributed by atoms with Crippen molar-refractivity contribution in [1.29, 1.82) is 0 Å². The van der Waals surface area contributed by atoms with Crippen molar-refractivity contribution in [1.82, 2.24) is 9.80 Å². The third-order valence-corrected chi connectivity index (χ3v) is 7.22. The number of likely N-dealkylation sites (tertiary alicyclic amines) is 1. The second-order valence-electron chi connectivity index (χ2n) is 10.3. The van der Waals surface area contributed by atoms with E-state index in [2.05, 4.69) is 11.9 Å². The van der Waals surface area contributed by atoms with Gasteiger partial charge >= 0.3 is 6.09 Å². The molecule has 2 aromatic rings. The monoisotopic (exact) mass is 518 g/mol. The van der Waals surface area contributed by atoms with Crippen LogP contribution in [0.3, 0.4) is 0 Å². The molecule has 1 fully saturated rings. The molecule has 3 atom stereocenters. The third-order valence-electron chi connectivity index (χ3n) is 7.22. The van der Waals surface area contributed by atoms with Crippen LogP contribution in [0.4, 0.5) is 10.5 Å². The molecular formula is C29H34N4O5. The summed E-state index contributed by atoms with van der Waals surface area (Å²) in [6, 6.07) is 14.6. The molecule has 200 valence electrons. The zero-order valence-corrected chi connectivity index (χ0v) is 21.8. The summed E-state index contributed by atoms with van der Waals surface area (Å²) in [6.07, 6.45) is 1.26. The van der Waals surface area contributed by atoms with Gasteiger partial charge in [0.15, 0.2) is 0 Å². The fourth-order valence-corrected chi connectivity index (χ4v) is 5.39. The molecule has 2 heterocycles. The molecule has 2 aromatic carbocycles. The topological polar surface area (TPSA) is 122 Å². The van der Waals surface area contributed by atoms with Gasteiger partial charge in [-0.15, -0.1) is 6.58 Å². The highest BCUT2D eigenvalue weighted by Gasteiger charge is 2.58. The number of nitrogens with one attached hydrogen (secondary N) is 1. The SMILES string of the molecule is C=CCN(C(=O)OCc1ccccc1)[C@@H](CC(C)C)C(=O)N1C[C@]2(C[C@H]1C(N)=O)C(=O)Nc1ccccc12. The van der Waals surface area contributed by atoms with Crippen molar-refractivity contribution in [2.45, 2.75) is 50.8 Å². The van der Waals surface area contributed by atoms with Crippen molar-refractivity contribution in [3.05, 3.63) is 78.4 Å². The number of carbonyl (C=O) groups is 4. The number of fused-ring (bicyclic) bond motifs is 2. The maximum absolute atomic E-state index is 14.2. The molecule has 9 heteroatoms. The van der Waals surface area contributed by atoms with Crippen LogP contribution in [0, 0.1) is 5.92 Å². The number of benzene rings is 2. The van der Waals surface area contributed by atoms with Gasteiger partial charge in [-0.1, -0.05) is 68.5 Å². The van der Waals surface area contributed by atoms with Crippen LogP contribution in [0.2, 0.25) is 0 Å². The summed E-state index contributed by atoms with van der Waals surface area (Å²) in [7, 11) is 0. The fourth-order valence-electron chi connectivity index (χ4n) is 5.39. The molecule has 4 amide bonds. The molecule has 1 saturated heterocycles. The van der Waals surface area contributed by atoms with E-state index in [1.807, 2.05) is 62.4 Å². The minimum Gasteiger partial charge on any atom is -0.445 e. The number of primary amides is 1. The number of nitrogens with two attached hydrogens (primary N) is 1. The minimum absolute atomic E-state index is 0.0160. The molecule has 9 nitrogen and oxygen atoms in total. The van der Waals surface area contributed by atoms with Crippen molar-refractivity contribution in [2.24, 2.45) is 11.7 Å². The first-order valence-electron chi connectivity index (χ1n) is 12.8. The number of para-hydroxylation sites is 1. The van der Waals surface area contributed by atoms with Crippen molar-refractivity contribution < 1.29 is 23.9 Å². The fraction of sp³-hybridized carbons (Fsp3) is 0.379. The lowest BCUT2D eigenvalue weighted by molar-refractivity contribution is -0.142. The molecule has 38 heavy (non-hydrogen) atoms. The zero-order chi connectivity index (χ0) is 27.4. The normalized spacial score (nSPS) is 20.7. The first kappa shape index (κ1) is 26.9. The Morgan fingerprint density at radius 1 is 1.18 bits per heavy atom. The Morgan fingerprint density at radius 2 is 1.87 bits per heavy atom. The van der Waals surface area contributed by atoms with Crippen molar-refractivity contribution in [3.63, 3.8) is 0 Å². The Morgan fingerprint density at radius 3 is 2.53 bits per heavy atom. The summed E-state index contributed by atoms with van der Waals surface area (Å²) in [4.78, 5) is 55.9. The first-order valence-corrected chi connectivity index (χ1v) is 12.8. The Kier molecular flexibility index (Phi) is 7.85. The highest BCUT2D eigenvalue weighted by atomic mass is 16.6. The molecule has 2 aliphatic heterocycles. The van der Waals surface area contributed by atoms with Gasteiger partial charge in [0.2, 0.25) is 17.7 Å². The van der Waals surface area contributed by atoms with Crippen LogP contribution >= 0.6 is 0 Å². The number of carbonyl (C=O) groups excluding carboxylic acids is 4. The smallest absolute Gasteiger partial charge is 0.411 e. The number of nitrogens with zero attached hydrogens (tertiary/aromatic N) is 2. The summed E-state index contributed by atoms with van der Waals surface area (Å²) in [6.45, 7) is 7.74. The molecule has 0 radical (unpaired) electrons. The van der Waals surface area contributed by atoms with E-state index in [1.54, 1.807) is 6.07 Å². The first-order chi connectivity index (χ1) is 18.2. The van der Waals surface area contributed by atoms with E-state index in [0.29, 0.717) is 12.1 Å². The Bertz CT molecular complexity index is 1230. The largest absolute Gasteiger partial charge is 0.445 e. The number of anilines is 1. The van der Waals surface area contributed by atoms with Crippen LogP contribution in [-0.2, 0) is 31.1 Å². The molecule has 0 aliphatic carbocycles. The van der Waals surface area contributed by atoms with Gasteiger partial charge in [0.1, 0.15) is 18.7 Å². The number of hydrogen-bond donors (Lipinski definition) is 2. The van der Waals surface area contributed by atoms with E-state index >= 15 is 0 Å². The molecule has 0 unspecified atom stereocenters. The van der Waals surface area contributed by atoms with E-state index in [0.717, 1.165) is 11.1 Å². The van der Waals surface area contributed by atoms with Crippen molar-refractivity contribution >= 4 is 29.5 Å². The summed E-state index contributed by atoms with van der Waals surface area (Å²) < 4.78 is 5.56. The number of amides is 4. The second kappa shape index (κ2) is 11.1. The standard InChI is InChI=1S/C29H34N4O5/c1-4-14-32(28(37)38-17-20-10-6-5-7-11-20)23(15-19(2)3)26(35)33-18-29(16-24(33)25(30)34)21-12-8-9-13-22(21)31-27(29)36/h4-13,19,23-24H,1,14-18H2,2-3H3,(H2,30,34)(H,31,36)/t23-,24-,29-/m0/s1. The van der Waals surface area contributed by atoms with E-state index in [-0.39, 0.29) is 37.9 Å². The maximum atomic E-state index is 14.2. The summed E-state index contributed by atoms with van der Waals surface area (Å²) >= 11 is 0. The van der Waals surface area contributed by atoms with Gasteiger partial charge in [0, 0.05) is 18.8 Å². The average molecular weight is 519 g/mol. The van der Waals surface area contributed by atoms with Gasteiger partial charge in [-0.05, 0) is 36.0 Å². The van der Waals surface area contributed by atoms with E-state index in [1.165, 1.54) is 15.9 Å². The lowest BCUT2D eigenvalue weighted by Crippen LogP contribution is -2.55. The summed E-state index contributed by atoms with van der Waals surface area (Å²) in [5.74, 6) is -1.38. The quantitative estimate of drug-likeness (QED) is 0.494. The van der Waals surface area contributed by atoms with E-state index in [4.69, 9.17) is 10.5 Å². The molecule has 0 bridgehead atoms. The molecule has 2 aliphatic rings. The van der Waals surface area contributed by atoms with E-state index < -0.39 is 35.4 Å². The Labute approximate surface area is 222 Å². The van der Waals surface area contributed by atoms with Crippen LogP contribution in [0.15, 0.2) is 67.3 Å². The molecule has 0 saturated carbocycles. The predicted octanol–water partition coefficient (Wildman–Crippen LogP) is 3.20. The molecule has 0 aromatic heterocycles. The zero-order valence-electron chi connectivity index (χ0n) is 21.8. The van der Waals surface area contributed by atoms with Gasteiger partial charge < -0.3 is 20.7 Å². The predicted molar refractivity (Wildman–Crippen MR) is 143 cm³/mol. The Hall–Kier alpha value is -4.14. The number of rotatable bonds is 9. The van der Waals surface area contributed by atoms with Crippen LogP contribution in [-0.4, -0.2) is 58.8 Å². The van der Waals surface area contributed by atoms with Gasteiger partial charge in [0.05, 0.1) is 5.41 Å². The molecule has 4 rings (SSSR count). The van der Waals surface area contributed by atoms with Crippen molar-refractivity contribution in [3.8, 4) is 0 Å². The van der Waals surface area contributed by atoms with E-state index in [9.17, 15) is 19.2 Å². The van der Waals surface area contributed by atoms with Gasteiger partial charge in [-0.2, -0.15) is 0 Å². The lowest BCUT2D eigenvalue weighted by Gasteiger charge is -2.35. The van der Waals surface area contributed by atoms with Crippen LogP contribution in [0.25, 0.3) is 0 Å². The highest BCUT2D eigenvalue weighted by Crippen LogP contribution is 2.46. The van der Waals surface area contributed by atoms with Gasteiger partial charge in [-0.25, -0.2) is 4.79 Å². The van der Waals surface area contributed by atoms with Crippen LogP contribution < -0.4 is 11.1 Å². The van der Waals surface area contributed by atoms with Gasteiger partial charge in [-0.3, -0.25) is 19.3 Å². The molecular weight excluding hydrogens is 484 g/mol. The lowest BCUT2D eigenvalue weighted by atomic mass is 9.79. The minimum atomic E-state index is -1.09. The van der Waals surface area contributed by atoms with Crippen LogP contribution in [0.5, 0.6) is 0 Å². The summed E-state index contributed by atoms with van der Waals surface area (Å²) in [5, 5.41) is 2.88. The molecule has 1 spiro atoms. The number of hydrogen-bond acceptors (Lipinski definition) is 5. The maximum Gasteiger partial charge on any atom is 0.411 e.